The Morgan fingerprint density at radius 2 is 1.76 bits per heavy atom. The highest BCUT2D eigenvalue weighted by atomic mass is 19.1. The predicted molar refractivity (Wildman–Crippen MR) is 150 cm³/mol. The molecular formula is C31H37FN4O2. The highest BCUT2D eigenvalue weighted by molar-refractivity contribution is 5.78. The first-order chi connectivity index (χ1) is 18.6. The number of benzene rings is 3. The summed E-state index contributed by atoms with van der Waals surface area (Å²) in [6.07, 6.45) is 4.26. The van der Waals surface area contributed by atoms with E-state index in [0.717, 1.165) is 79.2 Å². The zero-order valence-corrected chi connectivity index (χ0v) is 22.0. The van der Waals surface area contributed by atoms with E-state index in [1.165, 1.54) is 12.1 Å². The Morgan fingerprint density at radius 3 is 2.55 bits per heavy atom. The number of aliphatic hydroxyl groups is 1. The Balaban J connectivity index is 1.17. The minimum Gasteiger partial charge on any atom is -0.497 e. The van der Waals surface area contributed by atoms with Gasteiger partial charge in [0, 0.05) is 19.1 Å². The van der Waals surface area contributed by atoms with Gasteiger partial charge in [-0.15, -0.1) is 0 Å². The van der Waals surface area contributed by atoms with Gasteiger partial charge in [-0.1, -0.05) is 36.4 Å². The van der Waals surface area contributed by atoms with Crippen LogP contribution in [0.4, 0.5) is 10.3 Å². The standard InChI is InChI=1S/C31H37FN4O2/c1-38-28-14-10-23(11-15-28)21-27(37)17-20-35-18-4-5-26(16-19-35)33-31-34-29-6-2-3-7-30(29)36(31)22-24-8-12-25(32)13-9-24/h2-3,6-15,26-27,37H,4-5,16-22H2,1H3,(H,33,34). The maximum Gasteiger partial charge on any atom is 0.204 e. The summed E-state index contributed by atoms with van der Waals surface area (Å²) in [5.74, 6) is 1.48. The molecule has 0 radical (unpaired) electrons. The van der Waals surface area contributed by atoms with Gasteiger partial charge in [0.2, 0.25) is 5.95 Å². The SMILES string of the molecule is COc1ccc(CC(O)CCN2CCCC(Nc3nc4ccccc4n3Cc3ccc(F)cc3)CC2)cc1. The molecule has 0 spiro atoms. The van der Waals surface area contributed by atoms with Crippen molar-refractivity contribution in [1.29, 1.82) is 0 Å². The molecule has 3 aromatic carbocycles. The van der Waals surface area contributed by atoms with E-state index < -0.39 is 0 Å². The van der Waals surface area contributed by atoms with E-state index in [9.17, 15) is 9.50 Å². The van der Waals surface area contributed by atoms with Crippen LogP contribution >= 0.6 is 0 Å². The smallest absolute Gasteiger partial charge is 0.204 e. The average molecular weight is 517 g/mol. The summed E-state index contributed by atoms with van der Waals surface area (Å²) in [6.45, 7) is 3.56. The molecule has 1 saturated heterocycles. The first-order valence-corrected chi connectivity index (χ1v) is 13.6. The maximum atomic E-state index is 13.4. The molecule has 0 saturated carbocycles. The molecule has 7 heteroatoms. The molecule has 2 N–H and O–H groups in total. The second-order valence-corrected chi connectivity index (χ2v) is 10.2. The van der Waals surface area contributed by atoms with Gasteiger partial charge in [0.15, 0.2) is 0 Å². The van der Waals surface area contributed by atoms with Gasteiger partial charge in [0.05, 0.1) is 30.8 Å². The van der Waals surface area contributed by atoms with Crippen LogP contribution in [0.25, 0.3) is 11.0 Å². The first-order valence-electron chi connectivity index (χ1n) is 13.6. The molecule has 38 heavy (non-hydrogen) atoms. The van der Waals surface area contributed by atoms with Gasteiger partial charge < -0.3 is 24.6 Å². The van der Waals surface area contributed by atoms with Crippen LogP contribution in [0.5, 0.6) is 5.75 Å². The molecular weight excluding hydrogens is 479 g/mol. The number of aromatic nitrogens is 2. The topological polar surface area (TPSA) is 62.6 Å². The Labute approximate surface area is 224 Å². The molecule has 200 valence electrons. The van der Waals surface area contributed by atoms with Crippen molar-refractivity contribution in [1.82, 2.24) is 14.5 Å². The number of nitrogens with zero attached hydrogens (tertiary/aromatic N) is 3. The van der Waals surface area contributed by atoms with E-state index in [1.54, 1.807) is 7.11 Å². The number of ether oxygens (including phenoxy) is 1. The predicted octanol–water partition coefficient (Wildman–Crippen LogP) is 5.49. The number of methoxy groups -OCH3 is 1. The molecule has 1 fully saturated rings. The third kappa shape index (κ3) is 6.71. The number of imidazole rings is 1. The van der Waals surface area contributed by atoms with Gasteiger partial charge in [-0.2, -0.15) is 0 Å². The molecule has 2 heterocycles. The monoisotopic (exact) mass is 516 g/mol. The first kappa shape index (κ1) is 26.2. The molecule has 2 atom stereocenters. The summed E-state index contributed by atoms with van der Waals surface area (Å²) in [5, 5.41) is 14.3. The van der Waals surface area contributed by atoms with Crippen molar-refractivity contribution in [3.8, 4) is 5.75 Å². The van der Waals surface area contributed by atoms with Crippen LogP contribution in [0, 0.1) is 5.82 Å². The quantitative estimate of drug-likeness (QED) is 0.292. The third-order valence-corrected chi connectivity index (χ3v) is 7.47. The normalized spacial score (nSPS) is 17.3. The Morgan fingerprint density at radius 1 is 1.00 bits per heavy atom. The largest absolute Gasteiger partial charge is 0.497 e. The number of para-hydroxylation sites is 2. The highest BCUT2D eigenvalue weighted by Crippen LogP contribution is 2.24. The van der Waals surface area contributed by atoms with Crippen molar-refractivity contribution in [3.63, 3.8) is 0 Å². The summed E-state index contributed by atoms with van der Waals surface area (Å²) in [4.78, 5) is 7.38. The van der Waals surface area contributed by atoms with Gasteiger partial charge in [0.25, 0.3) is 0 Å². The molecule has 2 unspecified atom stereocenters. The number of nitrogens with one attached hydrogen (secondary N) is 1. The molecule has 1 aliphatic heterocycles. The van der Waals surface area contributed by atoms with Crippen LogP contribution in [-0.2, 0) is 13.0 Å². The molecule has 0 bridgehead atoms. The fourth-order valence-corrected chi connectivity index (χ4v) is 5.29. The second-order valence-electron chi connectivity index (χ2n) is 10.2. The lowest BCUT2D eigenvalue weighted by molar-refractivity contribution is 0.141. The van der Waals surface area contributed by atoms with Gasteiger partial charge in [-0.25, -0.2) is 9.37 Å². The number of aliphatic hydroxyl groups excluding tert-OH is 1. The van der Waals surface area contributed by atoms with Gasteiger partial charge >= 0.3 is 0 Å². The second kappa shape index (κ2) is 12.4. The lowest BCUT2D eigenvalue weighted by Gasteiger charge is -2.22. The van der Waals surface area contributed by atoms with Crippen molar-refractivity contribution >= 4 is 17.0 Å². The van der Waals surface area contributed by atoms with E-state index in [1.807, 2.05) is 54.6 Å². The average Bonchev–Trinajstić information content (AvgIpc) is 3.10. The fourth-order valence-electron chi connectivity index (χ4n) is 5.29. The number of likely N-dealkylation sites (tertiary alicyclic amines) is 1. The summed E-state index contributed by atoms with van der Waals surface area (Å²) in [7, 11) is 1.66. The molecule has 5 rings (SSSR count). The van der Waals surface area contributed by atoms with E-state index in [-0.39, 0.29) is 11.9 Å². The molecule has 1 aliphatic rings. The van der Waals surface area contributed by atoms with Gasteiger partial charge in [-0.3, -0.25) is 0 Å². The molecule has 1 aromatic heterocycles. The zero-order valence-electron chi connectivity index (χ0n) is 22.0. The van der Waals surface area contributed by atoms with Crippen molar-refractivity contribution < 1.29 is 14.2 Å². The number of hydrogen-bond acceptors (Lipinski definition) is 5. The van der Waals surface area contributed by atoms with Gasteiger partial charge in [-0.05, 0) is 86.2 Å². The number of anilines is 1. The van der Waals surface area contributed by atoms with E-state index in [0.29, 0.717) is 19.0 Å². The van der Waals surface area contributed by atoms with Crippen molar-refractivity contribution in [2.24, 2.45) is 0 Å². The van der Waals surface area contributed by atoms with Crippen molar-refractivity contribution in [2.45, 2.75) is 50.8 Å². The van der Waals surface area contributed by atoms with Crippen molar-refractivity contribution in [3.05, 3.63) is 89.7 Å². The van der Waals surface area contributed by atoms with E-state index >= 15 is 0 Å². The lowest BCUT2D eigenvalue weighted by Crippen LogP contribution is -2.30. The maximum absolute atomic E-state index is 13.4. The Bertz CT molecular complexity index is 1310. The highest BCUT2D eigenvalue weighted by Gasteiger charge is 2.20. The summed E-state index contributed by atoms with van der Waals surface area (Å²) >= 11 is 0. The Kier molecular flexibility index (Phi) is 8.56. The summed E-state index contributed by atoms with van der Waals surface area (Å²) in [5.41, 5.74) is 4.19. The third-order valence-electron chi connectivity index (χ3n) is 7.47. The fraction of sp³-hybridized carbons (Fsp3) is 0.387. The van der Waals surface area contributed by atoms with Crippen LogP contribution in [0.2, 0.25) is 0 Å². The Hall–Kier alpha value is -3.42. The van der Waals surface area contributed by atoms with Crippen LogP contribution in [0.1, 0.15) is 36.8 Å². The number of hydrogen-bond donors (Lipinski definition) is 2. The lowest BCUT2D eigenvalue weighted by atomic mass is 10.1. The van der Waals surface area contributed by atoms with Crippen LogP contribution in [0.3, 0.4) is 0 Å². The molecule has 0 aliphatic carbocycles. The van der Waals surface area contributed by atoms with Crippen molar-refractivity contribution in [2.75, 3.05) is 32.1 Å². The minimum absolute atomic E-state index is 0.223. The van der Waals surface area contributed by atoms with E-state index in [4.69, 9.17) is 9.72 Å². The number of rotatable bonds is 10. The molecule has 0 amide bonds. The zero-order chi connectivity index (χ0) is 26.3. The number of fused-ring (bicyclic) bond motifs is 1. The van der Waals surface area contributed by atoms with Crippen LogP contribution in [0.15, 0.2) is 72.8 Å². The van der Waals surface area contributed by atoms with Crippen LogP contribution < -0.4 is 10.1 Å². The van der Waals surface area contributed by atoms with E-state index in [2.05, 4.69) is 20.9 Å². The molecule has 6 nitrogen and oxygen atoms in total. The molecule has 4 aromatic rings. The summed E-state index contributed by atoms with van der Waals surface area (Å²) in [6, 6.07) is 23.1. The number of halogens is 1. The minimum atomic E-state index is -0.355. The summed E-state index contributed by atoms with van der Waals surface area (Å²) < 4.78 is 20.9. The van der Waals surface area contributed by atoms with Gasteiger partial charge in [0.1, 0.15) is 11.6 Å². The van der Waals surface area contributed by atoms with Crippen LogP contribution in [-0.4, -0.2) is 58.4 Å².